The van der Waals surface area contributed by atoms with Gasteiger partial charge < -0.3 is 25.2 Å². The van der Waals surface area contributed by atoms with Gasteiger partial charge in [0.25, 0.3) is 0 Å². The van der Waals surface area contributed by atoms with E-state index in [4.69, 9.17) is 15.9 Å². The van der Waals surface area contributed by atoms with E-state index in [0.717, 1.165) is 47.0 Å². The van der Waals surface area contributed by atoms with Gasteiger partial charge in [-0.25, -0.2) is 4.39 Å². The number of nitrogens with zero attached hydrogens (tertiary/aromatic N) is 1. The first-order valence-corrected chi connectivity index (χ1v) is 9.88. The van der Waals surface area contributed by atoms with Gasteiger partial charge in [-0.05, 0) is 61.2 Å². The van der Waals surface area contributed by atoms with Crippen LogP contribution in [0.2, 0.25) is 0 Å². The Labute approximate surface area is 168 Å². The quantitative estimate of drug-likeness (QED) is 0.371. The Bertz CT molecular complexity index is 1050. The Morgan fingerprint density at radius 1 is 1.21 bits per heavy atom. The first kappa shape index (κ1) is 19.3. The SMILES string of the molecule is N=Cc1cc2c(cc1N)c(CCC=O)c(C1CCOCC1)n2-c1ccc(F)cc1. The number of anilines is 1. The molecule has 1 fully saturated rings. The predicted octanol–water partition coefficient (Wildman–Crippen LogP) is 4.37. The van der Waals surface area contributed by atoms with Gasteiger partial charge in [0, 0.05) is 59.8 Å². The molecule has 0 spiro atoms. The average molecular weight is 393 g/mol. The molecule has 0 radical (unpaired) electrons. The fraction of sp³-hybridized carbons (Fsp3) is 0.304. The molecule has 1 aliphatic rings. The van der Waals surface area contributed by atoms with Crippen LogP contribution < -0.4 is 5.73 Å². The van der Waals surface area contributed by atoms with Crippen molar-refractivity contribution < 1.29 is 13.9 Å². The number of carbonyl (C=O) groups is 1. The second kappa shape index (κ2) is 8.17. The van der Waals surface area contributed by atoms with Crippen LogP contribution in [0.25, 0.3) is 16.6 Å². The third-order valence-electron chi connectivity index (χ3n) is 5.68. The van der Waals surface area contributed by atoms with Crippen LogP contribution in [0.5, 0.6) is 0 Å². The summed E-state index contributed by atoms with van der Waals surface area (Å²) < 4.78 is 21.3. The summed E-state index contributed by atoms with van der Waals surface area (Å²) in [6, 6.07) is 10.2. The number of aromatic nitrogens is 1. The lowest BCUT2D eigenvalue weighted by Gasteiger charge is -2.25. The van der Waals surface area contributed by atoms with Crippen molar-refractivity contribution in [3.63, 3.8) is 0 Å². The zero-order chi connectivity index (χ0) is 20.4. The molecule has 29 heavy (non-hydrogen) atoms. The number of aryl methyl sites for hydroxylation is 1. The minimum absolute atomic E-state index is 0.271. The highest BCUT2D eigenvalue weighted by molar-refractivity contribution is 5.97. The lowest BCUT2D eigenvalue weighted by Crippen LogP contribution is -2.18. The number of benzene rings is 2. The fourth-order valence-corrected chi connectivity index (χ4v) is 4.31. The lowest BCUT2D eigenvalue weighted by atomic mass is 9.91. The highest BCUT2D eigenvalue weighted by Crippen LogP contribution is 2.40. The van der Waals surface area contributed by atoms with Crippen molar-refractivity contribution in [3.05, 3.63) is 59.0 Å². The molecule has 0 atom stereocenters. The third-order valence-corrected chi connectivity index (χ3v) is 5.68. The van der Waals surface area contributed by atoms with E-state index in [9.17, 15) is 9.18 Å². The van der Waals surface area contributed by atoms with E-state index in [1.165, 1.54) is 18.3 Å². The molecule has 0 unspecified atom stereocenters. The zero-order valence-electron chi connectivity index (χ0n) is 16.2. The maximum absolute atomic E-state index is 13.6. The maximum atomic E-state index is 13.6. The number of fused-ring (bicyclic) bond motifs is 1. The Hall–Kier alpha value is -2.99. The van der Waals surface area contributed by atoms with Gasteiger partial charge in [0.1, 0.15) is 12.1 Å². The van der Waals surface area contributed by atoms with E-state index < -0.39 is 0 Å². The molecule has 150 valence electrons. The molecule has 1 aliphatic heterocycles. The largest absolute Gasteiger partial charge is 0.398 e. The van der Waals surface area contributed by atoms with Gasteiger partial charge in [-0.2, -0.15) is 0 Å². The number of rotatable bonds is 6. The Kier molecular flexibility index (Phi) is 5.45. The highest BCUT2D eigenvalue weighted by atomic mass is 19.1. The number of halogens is 1. The van der Waals surface area contributed by atoms with Gasteiger partial charge in [-0.15, -0.1) is 0 Å². The molecule has 3 aromatic rings. The van der Waals surface area contributed by atoms with Crippen molar-refractivity contribution in [3.8, 4) is 5.69 Å². The summed E-state index contributed by atoms with van der Waals surface area (Å²) in [6.45, 7) is 1.38. The number of nitrogens with one attached hydrogen (secondary N) is 1. The molecule has 5 nitrogen and oxygen atoms in total. The van der Waals surface area contributed by atoms with E-state index >= 15 is 0 Å². The number of nitrogen functional groups attached to an aromatic ring is 1. The monoisotopic (exact) mass is 393 g/mol. The Morgan fingerprint density at radius 2 is 1.93 bits per heavy atom. The fourth-order valence-electron chi connectivity index (χ4n) is 4.31. The van der Waals surface area contributed by atoms with Crippen LogP contribution in [0.4, 0.5) is 10.1 Å². The second-order valence-electron chi connectivity index (χ2n) is 7.41. The molecule has 3 N–H and O–H groups in total. The third kappa shape index (κ3) is 3.56. The van der Waals surface area contributed by atoms with Crippen molar-refractivity contribution in [1.82, 2.24) is 4.57 Å². The van der Waals surface area contributed by atoms with Crippen molar-refractivity contribution in [2.75, 3.05) is 18.9 Å². The highest BCUT2D eigenvalue weighted by Gasteiger charge is 2.27. The van der Waals surface area contributed by atoms with E-state index in [1.54, 1.807) is 12.1 Å². The number of aldehydes is 1. The van der Waals surface area contributed by atoms with Crippen LogP contribution in [0.15, 0.2) is 36.4 Å². The van der Waals surface area contributed by atoms with Gasteiger partial charge in [-0.1, -0.05) is 0 Å². The van der Waals surface area contributed by atoms with E-state index in [1.807, 2.05) is 12.1 Å². The van der Waals surface area contributed by atoms with Crippen molar-refractivity contribution in [1.29, 1.82) is 5.41 Å². The molecule has 4 rings (SSSR count). The standard InChI is InChI=1S/C23H24FN3O2/c24-17-3-5-18(6-4-17)27-22-12-16(14-25)21(26)13-20(22)19(2-1-9-28)23(27)15-7-10-29-11-8-15/h3-6,9,12-15,25H,1-2,7-8,10-11,26H2. The van der Waals surface area contributed by atoms with Crippen LogP contribution in [0, 0.1) is 11.2 Å². The summed E-state index contributed by atoms with van der Waals surface area (Å²) in [5, 5.41) is 8.69. The van der Waals surface area contributed by atoms with Crippen LogP contribution in [-0.4, -0.2) is 30.3 Å². The van der Waals surface area contributed by atoms with Gasteiger partial charge in [-0.3, -0.25) is 0 Å². The molecule has 6 heteroatoms. The van der Waals surface area contributed by atoms with Gasteiger partial charge >= 0.3 is 0 Å². The number of nitrogens with two attached hydrogens (primary N) is 1. The smallest absolute Gasteiger partial charge is 0.123 e. The van der Waals surface area contributed by atoms with Crippen LogP contribution in [0.1, 0.15) is 42.0 Å². The molecule has 0 amide bonds. The zero-order valence-corrected chi connectivity index (χ0v) is 16.2. The van der Waals surface area contributed by atoms with E-state index in [0.29, 0.717) is 37.3 Å². The normalized spacial score (nSPS) is 14.9. The second-order valence-corrected chi connectivity index (χ2v) is 7.41. The summed E-state index contributed by atoms with van der Waals surface area (Å²) in [6.07, 6.45) is 4.99. The van der Waals surface area contributed by atoms with Gasteiger partial charge in [0.2, 0.25) is 0 Å². The van der Waals surface area contributed by atoms with Crippen molar-refractivity contribution in [2.45, 2.75) is 31.6 Å². The molecular formula is C23H24FN3O2. The number of hydrogen-bond acceptors (Lipinski definition) is 4. The number of ether oxygens (including phenoxy) is 1. The maximum Gasteiger partial charge on any atom is 0.123 e. The molecule has 0 aliphatic carbocycles. The molecule has 0 bridgehead atoms. The van der Waals surface area contributed by atoms with Crippen LogP contribution >= 0.6 is 0 Å². The van der Waals surface area contributed by atoms with Crippen LogP contribution in [0.3, 0.4) is 0 Å². The van der Waals surface area contributed by atoms with Gasteiger partial charge in [0.05, 0.1) is 5.52 Å². The molecule has 2 aromatic carbocycles. The van der Waals surface area contributed by atoms with Crippen LogP contribution in [-0.2, 0) is 16.0 Å². The molecule has 1 aromatic heterocycles. The predicted molar refractivity (Wildman–Crippen MR) is 113 cm³/mol. The summed E-state index contributed by atoms with van der Waals surface area (Å²) >= 11 is 0. The summed E-state index contributed by atoms with van der Waals surface area (Å²) in [5.74, 6) is -0.0176. The van der Waals surface area contributed by atoms with Crippen molar-refractivity contribution in [2.24, 2.45) is 0 Å². The molecule has 0 saturated carbocycles. The van der Waals surface area contributed by atoms with E-state index in [-0.39, 0.29) is 11.7 Å². The first-order valence-electron chi connectivity index (χ1n) is 9.88. The minimum Gasteiger partial charge on any atom is -0.398 e. The molecule has 2 heterocycles. The molecular weight excluding hydrogens is 369 g/mol. The summed E-state index contributed by atoms with van der Waals surface area (Å²) in [7, 11) is 0. The van der Waals surface area contributed by atoms with Crippen molar-refractivity contribution >= 4 is 29.1 Å². The average Bonchev–Trinajstić information content (AvgIpc) is 3.05. The first-order chi connectivity index (χ1) is 14.1. The van der Waals surface area contributed by atoms with Gasteiger partial charge in [0.15, 0.2) is 0 Å². The Morgan fingerprint density at radius 3 is 2.59 bits per heavy atom. The number of hydrogen-bond donors (Lipinski definition) is 2. The Balaban J connectivity index is 2.05. The van der Waals surface area contributed by atoms with E-state index in [2.05, 4.69) is 4.57 Å². The topological polar surface area (TPSA) is 81.1 Å². The molecule has 1 saturated heterocycles. The number of carbonyl (C=O) groups excluding carboxylic acids is 1. The lowest BCUT2D eigenvalue weighted by molar-refractivity contribution is -0.107. The minimum atomic E-state index is -0.288. The summed E-state index contributed by atoms with van der Waals surface area (Å²) in [4.78, 5) is 11.2. The summed E-state index contributed by atoms with van der Waals surface area (Å²) in [5.41, 5.74) is 11.4.